The number of nitrogens with zero attached hydrogens (tertiary/aromatic N) is 2. The number of anilines is 1. The number of rotatable bonds is 6. The zero-order valence-electron chi connectivity index (χ0n) is 15.6. The van der Waals surface area contributed by atoms with Crippen LogP contribution < -0.4 is 10.6 Å². The van der Waals surface area contributed by atoms with E-state index in [0.29, 0.717) is 12.1 Å². The number of amides is 2. The van der Waals surface area contributed by atoms with Crippen LogP contribution >= 0.6 is 0 Å². The van der Waals surface area contributed by atoms with E-state index in [1.54, 1.807) is 24.3 Å². The van der Waals surface area contributed by atoms with Crippen LogP contribution in [0.15, 0.2) is 30.3 Å². The molecule has 3 rings (SSSR count). The number of carbonyl (C=O) groups is 2. The summed E-state index contributed by atoms with van der Waals surface area (Å²) in [5.74, 6) is 0.0938. The Kier molecular flexibility index (Phi) is 5.40. The predicted octanol–water partition coefficient (Wildman–Crippen LogP) is 3.23. The fourth-order valence-electron chi connectivity index (χ4n) is 3.14. The summed E-state index contributed by atoms with van der Waals surface area (Å²) in [5, 5.41) is 10.3. The van der Waals surface area contributed by atoms with Crippen LogP contribution in [0.25, 0.3) is 0 Å². The van der Waals surface area contributed by atoms with E-state index in [9.17, 15) is 9.59 Å². The first kappa shape index (κ1) is 18.2. The van der Waals surface area contributed by atoms with Crippen LogP contribution in [0.3, 0.4) is 0 Å². The smallest absolute Gasteiger partial charge is 0.251 e. The van der Waals surface area contributed by atoms with Crippen molar-refractivity contribution in [1.82, 2.24) is 15.1 Å². The van der Waals surface area contributed by atoms with Crippen LogP contribution in [0.1, 0.15) is 54.0 Å². The Morgan fingerprint density at radius 2 is 1.92 bits per heavy atom. The van der Waals surface area contributed by atoms with Gasteiger partial charge in [0.1, 0.15) is 0 Å². The maximum Gasteiger partial charge on any atom is 0.251 e. The summed E-state index contributed by atoms with van der Waals surface area (Å²) in [7, 11) is 0. The molecule has 1 aromatic carbocycles. The van der Waals surface area contributed by atoms with Crippen molar-refractivity contribution < 1.29 is 9.59 Å². The van der Waals surface area contributed by atoms with Gasteiger partial charge in [0.2, 0.25) is 5.91 Å². The van der Waals surface area contributed by atoms with E-state index < -0.39 is 0 Å². The maximum atomic E-state index is 12.3. The zero-order chi connectivity index (χ0) is 18.7. The minimum absolute atomic E-state index is 0.0761. The van der Waals surface area contributed by atoms with Crippen molar-refractivity contribution in [1.29, 1.82) is 0 Å². The third kappa shape index (κ3) is 4.12. The Morgan fingerprint density at radius 3 is 2.46 bits per heavy atom. The highest BCUT2D eigenvalue weighted by molar-refractivity contribution is 5.96. The SMILES string of the molecule is Cc1cc(C)n([C@@H](C)CNC(=O)c2ccc(NC(=O)C3CCC3)cc2)n1. The van der Waals surface area contributed by atoms with Crippen LogP contribution in [-0.4, -0.2) is 28.1 Å². The molecule has 0 aliphatic heterocycles. The minimum Gasteiger partial charge on any atom is -0.350 e. The van der Waals surface area contributed by atoms with Crippen molar-refractivity contribution in [3.05, 3.63) is 47.3 Å². The van der Waals surface area contributed by atoms with Crippen molar-refractivity contribution in [2.24, 2.45) is 5.92 Å². The van der Waals surface area contributed by atoms with E-state index in [1.165, 1.54) is 0 Å². The average Bonchev–Trinajstić information content (AvgIpc) is 2.90. The van der Waals surface area contributed by atoms with E-state index in [-0.39, 0.29) is 23.8 Å². The lowest BCUT2D eigenvalue weighted by molar-refractivity contribution is -0.122. The van der Waals surface area contributed by atoms with Gasteiger partial charge in [-0.3, -0.25) is 14.3 Å². The molecule has 1 saturated carbocycles. The highest BCUT2D eigenvalue weighted by atomic mass is 16.2. The molecule has 0 bridgehead atoms. The molecule has 0 unspecified atom stereocenters. The Balaban J connectivity index is 1.52. The largest absolute Gasteiger partial charge is 0.350 e. The topological polar surface area (TPSA) is 76.0 Å². The van der Waals surface area contributed by atoms with Crippen LogP contribution in [0, 0.1) is 19.8 Å². The standard InChI is InChI=1S/C20H26N4O2/c1-13-11-14(2)24(23-13)15(3)12-21-19(25)17-7-9-18(10-8-17)22-20(26)16-5-4-6-16/h7-11,15-16H,4-6,12H2,1-3H3,(H,21,25)(H,22,26)/t15-/m0/s1. The molecule has 1 aromatic heterocycles. The number of aryl methyl sites for hydroxylation is 2. The second-order valence-electron chi connectivity index (χ2n) is 7.13. The molecule has 26 heavy (non-hydrogen) atoms. The van der Waals surface area contributed by atoms with Crippen molar-refractivity contribution in [3.8, 4) is 0 Å². The van der Waals surface area contributed by atoms with Crippen molar-refractivity contribution >= 4 is 17.5 Å². The summed E-state index contributed by atoms with van der Waals surface area (Å²) in [6.07, 6.45) is 3.08. The summed E-state index contributed by atoms with van der Waals surface area (Å²) in [4.78, 5) is 24.3. The third-order valence-corrected chi connectivity index (χ3v) is 4.91. The van der Waals surface area contributed by atoms with E-state index >= 15 is 0 Å². The molecule has 0 spiro atoms. The predicted molar refractivity (Wildman–Crippen MR) is 101 cm³/mol. The minimum atomic E-state index is -0.129. The summed E-state index contributed by atoms with van der Waals surface area (Å²) in [6.45, 7) is 6.49. The van der Waals surface area contributed by atoms with Gasteiger partial charge in [0.15, 0.2) is 0 Å². The molecule has 1 heterocycles. The van der Waals surface area contributed by atoms with Gasteiger partial charge >= 0.3 is 0 Å². The van der Waals surface area contributed by atoms with Gasteiger partial charge in [-0.05, 0) is 63.9 Å². The van der Waals surface area contributed by atoms with Gasteiger partial charge in [0.25, 0.3) is 5.91 Å². The number of nitrogens with one attached hydrogen (secondary N) is 2. The van der Waals surface area contributed by atoms with Crippen molar-refractivity contribution in [2.75, 3.05) is 11.9 Å². The molecule has 1 fully saturated rings. The number of aromatic nitrogens is 2. The van der Waals surface area contributed by atoms with Crippen LogP contribution in [-0.2, 0) is 4.79 Å². The molecule has 1 aliphatic carbocycles. The molecule has 2 N–H and O–H groups in total. The molecular formula is C20H26N4O2. The number of carbonyl (C=O) groups excluding carboxylic acids is 2. The van der Waals surface area contributed by atoms with Crippen LogP contribution in [0.2, 0.25) is 0 Å². The Bertz CT molecular complexity index is 791. The molecule has 1 atom stereocenters. The highest BCUT2D eigenvalue weighted by Crippen LogP contribution is 2.27. The van der Waals surface area contributed by atoms with Gasteiger partial charge in [-0.2, -0.15) is 5.10 Å². The van der Waals surface area contributed by atoms with E-state index in [1.807, 2.05) is 31.5 Å². The first-order valence-corrected chi connectivity index (χ1v) is 9.16. The monoisotopic (exact) mass is 354 g/mol. The molecular weight excluding hydrogens is 328 g/mol. The molecule has 2 amide bonds. The van der Waals surface area contributed by atoms with Gasteiger partial charge in [-0.15, -0.1) is 0 Å². The van der Waals surface area contributed by atoms with Gasteiger partial charge in [0, 0.05) is 29.4 Å². The first-order valence-electron chi connectivity index (χ1n) is 9.16. The Labute approximate surface area is 154 Å². The molecule has 138 valence electrons. The fraction of sp³-hybridized carbons (Fsp3) is 0.450. The Hall–Kier alpha value is -2.63. The molecule has 2 aromatic rings. The van der Waals surface area contributed by atoms with Gasteiger partial charge in [-0.1, -0.05) is 6.42 Å². The summed E-state index contributed by atoms with van der Waals surface area (Å²) in [5.41, 5.74) is 3.36. The second kappa shape index (κ2) is 7.72. The zero-order valence-corrected chi connectivity index (χ0v) is 15.6. The quantitative estimate of drug-likeness (QED) is 0.836. The molecule has 0 saturated heterocycles. The van der Waals surface area contributed by atoms with Gasteiger partial charge < -0.3 is 10.6 Å². The van der Waals surface area contributed by atoms with E-state index in [0.717, 1.165) is 36.3 Å². The normalized spacial score (nSPS) is 15.2. The van der Waals surface area contributed by atoms with E-state index in [4.69, 9.17) is 0 Å². The molecule has 1 aliphatic rings. The number of hydrogen-bond donors (Lipinski definition) is 2. The van der Waals surface area contributed by atoms with Gasteiger partial charge in [0.05, 0.1) is 11.7 Å². The van der Waals surface area contributed by atoms with Crippen LogP contribution in [0.5, 0.6) is 0 Å². The molecule has 0 radical (unpaired) electrons. The fourth-order valence-corrected chi connectivity index (χ4v) is 3.14. The lowest BCUT2D eigenvalue weighted by Gasteiger charge is -2.24. The van der Waals surface area contributed by atoms with Gasteiger partial charge in [-0.25, -0.2) is 0 Å². The first-order chi connectivity index (χ1) is 12.4. The third-order valence-electron chi connectivity index (χ3n) is 4.91. The number of hydrogen-bond acceptors (Lipinski definition) is 3. The Morgan fingerprint density at radius 1 is 1.23 bits per heavy atom. The molecule has 6 nitrogen and oxygen atoms in total. The second-order valence-corrected chi connectivity index (χ2v) is 7.13. The summed E-state index contributed by atoms with van der Waals surface area (Å²) in [6, 6.07) is 9.12. The van der Waals surface area contributed by atoms with E-state index in [2.05, 4.69) is 15.7 Å². The number of benzene rings is 1. The summed E-state index contributed by atoms with van der Waals surface area (Å²) < 4.78 is 1.93. The highest BCUT2D eigenvalue weighted by Gasteiger charge is 2.25. The van der Waals surface area contributed by atoms with Crippen LogP contribution in [0.4, 0.5) is 5.69 Å². The van der Waals surface area contributed by atoms with Crippen molar-refractivity contribution in [2.45, 2.75) is 46.1 Å². The molecule has 6 heteroatoms. The lowest BCUT2D eigenvalue weighted by Crippen LogP contribution is -2.30. The lowest BCUT2D eigenvalue weighted by atomic mass is 9.85. The maximum absolute atomic E-state index is 12.3. The summed E-state index contributed by atoms with van der Waals surface area (Å²) >= 11 is 0. The van der Waals surface area contributed by atoms with Crippen molar-refractivity contribution in [3.63, 3.8) is 0 Å². The average molecular weight is 354 g/mol.